The van der Waals surface area contributed by atoms with E-state index in [1.807, 2.05) is 30.5 Å². The molecule has 0 bridgehead atoms. The second-order valence-electron chi connectivity index (χ2n) is 7.53. The van der Waals surface area contributed by atoms with E-state index >= 15 is 0 Å². The molecule has 2 aromatic rings. The highest BCUT2D eigenvalue weighted by atomic mass is 16.5. The van der Waals surface area contributed by atoms with Crippen LogP contribution in [0.25, 0.3) is 0 Å². The molecular weight excluding hydrogens is 340 g/mol. The molecule has 1 saturated heterocycles. The molecule has 1 saturated carbocycles. The Morgan fingerprint density at radius 2 is 1.96 bits per heavy atom. The molecule has 4 heterocycles. The second-order valence-corrected chi connectivity index (χ2v) is 7.53. The predicted octanol–water partition coefficient (Wildman–Crippen LogP) is 2.54. The Kier molecular flexibility index (Phi) is 3.97. The van der Waals surface area contributed by atoms with E-state index in [1.54, 1.807) is 12.4 Å². The number of anilines is 1. The lowest BCUT2D eigenvalue weighted by molar-refractivity contribution is 0.0532. The lowest BCUT2D eigenvalue weighted by atomic mass is 9.94. The first-order valence-corrected chi connectivity index (χ1v) is 9.65. The van der Waals surface area contributed by atoms with Gasteiger partial charge >= 0.3 is 0 Å². The molecule has 0 spiro atoms. The van der Waals surface area contributed by atoms with Crippen LogP contribution in [0.4, 0.5) is 11.4 Å². The van der Waals surface area contributed by atoms with Crippen molar-refractivity contribution in [3.8, 4) is 5.88 Å². The summed E-state index contributed by atoms with van der Waals surface area (Å²) in [6.07, 6.45) is 9.78. The van der Waals surface area contributed by atoms with Gasteiger partial charge in [-0.2, -0.15) is 0 Å². The predicted molar refractivity (Wildman–Crippen MR) is 104 cm³/mol. The number of aliphatic imine (C=N–C) groups is 1. The standard InChI is InChI=1S/C20H24N6O/c21-19-20(14-4-5-14,25-17-13-22-10-6-16(17)24-19)26-11-7-15(8-12-26)27-18-3-1-2-9-23-18/h1-3,6,9-10,13-15,25H,4-5,7-8,11-12H2,(H2,21,24). The van der Waals surface area contributed by atoms with Crippen LogP contribution in [0.15, 0.2) is 47.8 Å². The number of amidine groups is 1. The van der Waals surface area contributed by atoms with Gasteiger partial charge < -0.3 is 15.8 Å². The Morgan fingerprint density at radius 3 is 2.70 bits per heavy atom. The zero-order valence-electron chi connectivity index (χ0n) is 15.2. The number of hydrogen-bond acceptors (Lipinski definition) is 7. The van der Waals surface area contributed by atoms with E-state index in [2.05, 4.69) is 20.2 Å². The normalized spacial score (nSPS) is 26.0. The number of nitrogens with zero attached hydrogens (tertiary/aromatic N) is 4. The Bertz CT molecular complexity index is 845. The van der Waals surface area contributed by atoms with Crippen LogP contribution in [0.2, 0.25) is 0 Å². The van der Waals surface area contributed by atoms with E-state index in [-0.39, 0.29) is 6.10 Å². The monoisotopic (exact) mass is 364 g/mol. The number of aromatic nitrogens is 2. The maximum Gasteiger partial charge on any atom is 0.213 e. The molecule has 7 heteroatoms. The zero-order valence-corrected chi connectivity index (χ0v) is 15.2. The molecule has 3 N–H and O–H groups in total. The fraction of sp³-hybridized carbons (Fsp3) is 0.450. The fourth-order valence-electron chi connectivity index (χ4n) is 4.29. The zero-order chi connectivity index (χ0) is 18.3. The van der Waals surface area contributed by atoms with Crippen molar-refractivity contribution in [1.82, 2.24) is 14.9 Å². The number of nitrogens with two attached hydrogens (primary N) is 1. The van der Waals surface area contributed by atoms with Gasteiger partial charge in [-0.05, 0) is 37.8 Å². The van der Waals surface area contributed by atoms with Crippen molar-refractivity contribution >= 4 is 17.2 Å². The SMILES string of the molecule is NC1=Nc2ccncc2NC1(C1CC1)N1CCC(Oc2ccccn2)CC1. The molecular formula is C20H24N6O. The molecule has 3 aliphatic rings. The Morgan fingerprint density at radius 1 is 1.11 bits per heavy atom. The molecule has 1 aliphatic carbocycles. The Labute approximate surface area is 158 Å². The van der Waals surface area contributed by atoms with Gasteiger partial charge in [-0.25, -0.2) is 9.98 Å². The third kappa shape index (κ3) is 2.92. The number of nitrogens with one attached hydrogen (secondary N) is 1. The van der Waals surface area contributed by atoms with E-state index < -0.39 is 5.66 Å². The highest BCUT2D eigenvalue weighted by Crippen LogP contribution is 2.48. The van der Waals surface area contributed by atoms with E-state index in [0.717, 1.165) is 37.3 Å². The van der Waals surface area contributed by atoms with Gasteiger partial charge in [0.1, 0.15) is 11.9 Å². The molecule has 2 aliphatic heterocycles. The molecule has 2 fully saturated rings. The van der Waals surface area contributed by atoms with Crippen LogP contribution in [0.5, 0.6) is 5.88 Å². The van der Waals surface area contributed by atoms with E-state index in [0.29, 0.717) is 17.6 Å². The van der Waals surface area contributed by atoms with Gasteiger partial charge in [-0.15, -0.1) is 0 Å². The third-order valence-electron chi connectivity index (χ3n) is 5.79. The van der Waals surface area contributed by atoms with Crippen LogP contribution in [-0.2, 0) is 0 Å². The van der Waals surface area contributed by atoms with Gasteiger partial charge in [0, 0.05) is 37.5 Å². The summed E-state index contributed by atoms with van der Waals surface area (Å²) < 4.78 is 6.05. The number of piperidine rings is 1. The first-order valence-electron chi connectivity index (χ1n) is 9.65. The van der Waals surface area contributed by atoms with Gasteiger partial charge in [0.05, 0.1) is 17.6 Å². The molecule has 5 rings (SSSR count). The lowest BCUT2D eigenvalue weighted by Crippen LogP contribution is -2.67. The average molecular weight is 364 g/mol. The summed E-state index contributed by atoms with van der Waals surface area (Å²) in [6, 6.07) is 7.67. The molecule has 7 nitrogen and oxygen atoms in total. The Hall–Kier alpha value is -2.67. The lowest BCUT2D eigenvalue weighted by Gasteiger charge is -2.49. The van der Waals surface area contributed by atoms with Crippen LogP contribution in [0.3, 0.4) is 0 Å². The summed E-state index contributed by atoms with van der Waals surface area (Å²) in [5.41, 5.74) is 7.98. The first kappa shape index (κ1) is 16.5. The van der Waals surface area contributed by atoms with Gasteiger partial charge in [0.2, 0.25) is 5.88 Å². The number of hydrogen-bond donors (Lipinski definition) is 2. The molecule has 1 unspecified atom stereocenters. The number of fused-ring (bicyclic) bond motifs is 1. The quantitative estimate of drug-likeness (QED) is 0.867. The van der Waals surface area contributed by atoms with Crippen LogP contribution < -0.4 is 15.8 Å². The smallest absolute Gasteiger partial charge is 0.213 e. The second kappa shape index (κ2) is 6.49. The van der Waals surface area contributed by atoms with Crippen LogP contribution in [0.1, 0.15) is 25.7 Å². The summed E-state index contributed by atoms with van der Waals surface area (Å²) in [6.45, 7) is 1.82. The molecule has 2 aromatic heterocycles. The van der Waals surface area contributed by atoms with Crippen LogP contribution in [0, 0.1) is 5.92 Å². The summed E-state index contributed by atoms with van der Waals surface area (Å²) in [7, 11) is 0. The summed E-state index contributed by atoms with van der Waals surface area (Å²) in [5.74, 6) is 1.86. The van der Waals surface area contributed by atoms with Crippen molar-refractivity contribution in [2.45, 2.75) is 37.5 Å². The molecule has 0 amide bonds. The number of pyridine rings is 2. The average Bonchev–Trinajstić information content (AvgIpc) is 3.55. The molecule has 0 radical (unpaired) electrons. The molecule has 27 heavy (non-hydrogen) atoms. The van der Waals surface area contributed by atoms with Gasteiger partial charge in [0.15, 0.2) is 5.66 Å². The first-order chi connectivity index (χ1) is 13.3. The summed E-state index contributed by atoms with van der Waals surface area (Å²) in [5, 5.41) is 3.71. The van der Waals surface area contributed by atoms with Crippen LogP contribution in [-0.4, -0.2) is 45.6 Å². The number of ether oxygens (including phenoxy) is 1. The van der Waals surface area contributed by atoms with Crippen molar-refractivity contribution < 1.29 is 4.74 Å². The van der Waals surface area contributed by atoms with Crippen molar-refractivity contribution in [2.24, 2.45) is 16.6 Å². The minimum absolute atomic E-state index is 0.183. The van der Waals surface area contributed by atoms with Gasteiger partial charge in [-0.1, -0.05) is 6.07 Å². The summed E-state index contributed by atoms with van der Waals surface area (Å²) >= 11 is 0. The van der Waals surface area contributed by atoms with E-state index in [9.17, 15) is 0 Å². The van der Waals surface area contributed by atoms with Gasteiger partial charge in [-0.3, -0.25) is 9.88 Å². The highest BCUT2D eigenvalue weighted by Gasteiger charge is 2.54. The van der Waals surface area contributed by atoms with Crippen molar-refractivity contribution in [2.75, 3.05) is 18.4 Å². The topological polar surface area (TPSA) is 88.7 Å². The molecule has 1 atom stereocenters. The molecule has 0 aromatic carbocycles. The minimum Gasteiger partial charge on any atom is -0.474 e. The van der Waals surface area contributed by atoms with Crippen molar-refractivity contribution in [3.05, 3.63) is 42.9 Å². The van der Waals surface area contributed by atoms with Crippen LogP contribution >= 0.6 is 0 Å². The number of rotatable bonds is 4. The van der Waals surface area contributed by atoms with E-state index in [1.165, 1.54) is 12.8 Å². The third-order valence-corrected chi connectivity index (χ3v) is 5.79. The van der Waals surface area contributed by atoms with Crippen molar-refractivity contribution in [3.63, 3.8) is 0 Å². The van der Waals surface area contributed by atoms with Crippen molar-refractivity contribution in [1.29, 1.82) is 0 Å². The maximum atomic E-state index is 6.54. The highest BCUT2D eigenvalue weighted by molar-refractivity contribution is 5.99. The van der Waals surface area contributed by atoms with Gasteiger partial charge in [0.25, 0.3) is 0 Å². The minimum atomic E-state index is -0.397. The fourth-order valence-corrected chi connectivity index (χ4v) is 4.29. The largest absolute Gasteiger partial charge is 0.474 e. The maximum absolute atomic E-state index is 6.54. The Balaban J connectivity index is 1.34. The van der Waals surface area contributed by atoms with E-state index in [4.69, 9.17) is 15.5 Å². The molecule has 140 valence electrons. The number of likely N-dealkylation sites (tertiary alicyclic amines) is 1. The summed E-state index contributed by atoms with van der Waals surface area (Å²) in [4.78, 5) is 15.7.